The minimum Gasteiger partial charge on any atom is -0.315 e. The number of halogens is 2. The van der Waals surface area contributed by atoms with Crippen molar-refractivity contribution in [3.05, 3.63) is 15.9 Å². The first-order valence-electron chi connectivity index (χ1n) is 5.06. The SMILES string of the molecule is Cl.O=S(=O)(N[C@@H]1CCCNC1)c1ccc(Br)s1. The summed E-state index contributed by atoms with van der Waals surface area (Å²) < 4.78 is 27.8. The van der Waals surface area contributed by atoms with Gasteiger partial charge < -0.3 is 5.32 Å². The molecular formula is C9H14BrClN2O2S2. The number of thiophene rings is 1. The molecule has 17 heavy (non-hydrogen) atoms. The Morgan fingerprint density at radius 3 is 2.76 bits per heavy atom. The van der Waals surface area contributed by atoms with Crippen LogP contribution in [-0.4, -0.2) is 27.5 Å². The van der Waals surface area contributed by atoms with Gasteiger partial charge in [-0.2, -0.15) is 0 Å². The van der Waals surface area contributed by atoms with Crippen molar-refractivity contribution in [2.75, 3.05) is 13.1 Å². The second-order valence-electron chi connectivity index (χ2n) is 3.72. The molecule has 0 aromatic carbocycles. The lowest BCUT2D eigenvalue weighted by molar-refractivity contribution is 0.429. The van der Waals surface area contributed by atoms with Gasteiger partial charge in [-0.05, 0) is 47.4 Å². The molecule has 2 heterocycles. The van der Waals surface area contributed by atoms with E-state index in [1.54, 1.807) is 12.1 Å². The summed E-state index contributed by atoms with van der Waals surface area (Å²) in [5.74, 6) is 0. The molecule has 1 aliphatic rings. The Morgan fingerprint density at radius 2 is 2.24 bits per heavy atom. The van der Waals surface area contributed by atoms with E-state index in [2.05, 4.69) is 26.0 Å². The fourth-order valence-corrected chi connectivity index (χ4v) is 4.97. The van der Waals surface area contributed by atoms with Gasteiger partial charge in [-0.1, -0.05) is 0 Å². The van der Waals surface area contributed by atoms with Crippen LogP contribution in [0.15, 0.2) is 20.1 Å². The molecule has 0 amide bonds. The number of piperidine rings is 1. The highest BCUT2D eigenvalue weighted by Crippen LogP contribution is 2.26. The first-order chi connectivity index (χ1) is 7.58. The Morgan fingerprint density at radius 1 is 1.47 bits per heavy atom. The third-order valence-corrected chi connectivity index (χ3v) is 6.07. The summed E-state index contributed by atoms with van der Waals surface area (Å²) in [5.41, 5.74) is 0. The molecule has 1 saturated heterocycles. The van der Waals surface area contributed by atoms with Gasteiger partial charge in [0.1, 0.15) is 4.21 Å². The quantitative estimate of drug-likeness (QED) is 0.865. The topological polar surface area (TPSA) is 58.2 Å². The third kappa shape index (κ3) is 4.18. The van der Waals surface area contributed by atoms with Gasteiger partial charge in [0.2, 0.25) is 10.0 Å². The predicted molar refractivity (Wildman–Crippen MR) is 75.5 cm³/mol. The predicted octanol–water partition coefficient (Wildman–Crippen LogP) is 1.96. The average Bonchev–Trinajstić information content (AvgIpc) is 2.66. The minimum atomic E-state index is -3.34. The van der Waals surface area contributed by atoms with Crippen LogP contribution in [0.3, 0.4) is 0 Å². The van der Waals surface area contributed by atoms with E-state index >= 15 is 0 Å². The van der Waals surface area contributed by atoms with Gasteiger partial charge >= 0.3 is 0 Å². The van der Waals surface area contributed by atoms with Crippen LogP contribution >= 0.6 is 39.7 Å². The molecule has 4 nitrogen and oxygen atoms in total. The fraction of sp³-hybridized carbons (Fsp3) is 0.556. The van der Waals surface area contributed by atoms with Crippen LogP contribution in [0.1, 0.15) is 12.8 Å². The molecule has 8 heteroatoms. The molecule has 1 fully saturated rings. The lowest BCUT2D eigenvalue weighted by Crippen LogP contribution is -2.45. The Kier molecular flexibility index (Phi) is 5.88. The molecule has 0 saturated carbocycles. The molecule has 1 atom stereocenters. The maximum atomic E-state index is 12.0. The second kappa shape index (κ2) is 6.49. The van der Waals surface area contributed by atoms with Crippen molar-refractivity contribution in [2.45, 2.75) is 23.1 Å². The van der Waals surface area contributed by atoms with E-state index in [0.29, 0.717) is 10.8 Å². The van der Waals surface area contributed by atoms with E-state index in [0.717, 1.165) is 23.2 Å². The molecular weight excluding hydrogens is 348 g/mol. The molecule has 1 aromatic heterocycles. The third-order valence-electron chi connectivity index (χ3n) is 2.43. The molecule has 0 radical (unpaired) electrons. The van der Waals surface area contributed by atoms with Crippen molar-refractivity contribution < 1.29 is 8.42 Å². The van der Waals surface area contributed by atoms with E-state index in [4.69, 9.17) is 0 Å². The van der Waals surface area contributed by atoms with E-state index in [9.17, 15) is 8.42 Å². The van der Waals surface area contributed by atoms with E-state index in [1.165, 1.54) is 11.3 Å². The van der Waals surface area contributed by atoms with Crippen LogP contribution < -0.4 is 10.0 Å². The van der Waals surface area contributed by atoms with Crippen LogP contribution in [-0.2, 0) is 10.0 Å². The van der Waals surface area contributed by atoms with Gasteiger partial charge in [0, 0.05) is 12.6 Å². The smallest absolute Gasteiger partial charge is 0.250 e. The first kappa shape index (κ1) is 15.4. The van der Waals surface area contributed by atoms with Gasteiger partial charge in [-0.15, -0.1) is 23.7 Å². The van der Waals surface area contributed by atoms with E-state index in [1.807, 2.05) is 0 Å². The van der Waals surface area contributed by atoms with Crippen LogP contribution in [0, 0.1) is 0 Å². The average molecular weight is 362 g/mol. The van der Waals surface area contributed by atoms with Crippen molar-refractivity contribution >= 4 is 49.7 Å². The summed E-state index contributed by atoms with van der Waals surface area (Å²) in [4.78, 5) is 0. The molecule has 1 aliphatic heterocycles. The van der Waals surface area contributed by atoms with Crippen LogP contribution in [0.5, 0.6) is 0 Å². The fourth-order valence-electron chi connectivity index (χ4n) is 1.67. The largest absolute Gasteiger partial charge is 0.315 e. The van der Waals surface area contributed by atoms with Crippen LogP contribution in [0.2, 0.25) is 0 Å². The summed E-state index contributed by atoms with van der Waals surface area (Å²) in [6.07, 6.45) is 1.92. The van der Waals surface area contributed by atoms with E-state index < -0.39 is 10.0 Å². The Labute approximate surface area is 120 Å². The Bertz CT molecular complexity index is 457. The van der Waals surface area contributed by atoms with Gasteiger partial charge in [0.15, 0.2) is 0 Å². The normalized spacial score (nSPS) is 20.9. The van der Waals surface area contributed by atoms with E-state index in [-0.39, 0.29) is 18.4 Å². The summed E-state index contributed by atoms with van der Waals surface area (Å²) in [5, 5.41) is 3.18. The van der Waals surface area contributed by atoms with Crippen LogP contribution in [0.25, 0.3) is 0 Å². The molecule has 98 valence electrons. The highest BCUT2D eigenvalue weighted by atomic mass is 79.9. The summed E-state index contributed by atoms with van der Waals surface area (Å²) in [6.45, 7) is 1.69. The molecule has 2 rings (SSSR count). The molecule has 0 unspecified atom stereocenters. The zero-order valence-electron chi connectivity index (χ0n) is 8.98. The lowest BCUT2D eigenvalue weighted by Gasteiger charge is -2.23. The van der Waals surface area contributed by atoms with Crippen molar-refractivity contribution in [1.29, 1.82) is 0 Å². The maximum Gasteiger partial charge on any atom is 0.250 e. The van der Waals surface area contributed by atoms with Crippen molar-refractivity contribution in [3.8, 4) is 0 Å². The number of sulfonamides is 1. The van der Waals surface area contributed by atoms with Gasteiger partial charge in [-0.3, -0.25) is 0 Å². The monoisotopic (exact) mass is 360 g/mol. The van der Waals surface area contributed by atoms with Crippen molar-refractivity contribution in [2.24, 2.45) is 0 Å². The summed E-state index contributed by atoms with van der Waals surface area (Å²) in [6, 6.07) is 3.38. The molecule has 0 aliphatic carbocycles. The summed E-state index contributed by atoms with van der Waals surface area (Å²) >= 11 is 4.49. The Balaban J connectivity index is 0.00000144. The lowest BCUT2D eigenvalue weighted by atomic mass is 10.1. The summed E-state index contributed by atoms with van der Waals surface area (Å²) in [7, 11) is -3.34. The number of nitrogens with one attached hydrogen (secondary N) is 2. The second-order valence-corrected chi connectivity index (χ2v) is 8.13. The molecule has 0 spiro atoms. The van der Waals surface area contributed by atoms with Gasteiger partial charge in [-0.25, -0.2) is 13.1 Å². The standard InChI is InChI=1S/C9H13BrN2O2S2.ClH/c10-8-3-4-9(15-8)16(13,14)12-7-2-1-5-11-6-7;/h3-4,7,11-12H,1-2,5-6H2;1H/t7-;/m1./s1. The minimum absolute atomic E-state index is 0. The van der Waals surface area contributed by atoms with Crippen molar-refractivity contribution in [3.63, 3.8) is 0 Å². The molecule has 1 aromatic rings. The zero-order valence-corrected chi connectivity index (χ0v) is 13.0. The highest BCUT2D eigenvalue weighted by molar-refractivity contribution is 9.11. The zero-order chi connectivity index (χ0) is 11.6. The maximum absolute atomic E-state index is 12.0. The van der Waals surface area contributed by atoms with Gasteiger partial charge in [0.05, 0.1) is 3.79 Å². The Hall–Kier alpha value is 0.340. The van der Waals surface area contributed by atoms with Crippen molar-refractivity contribution in [1.82, 2.24) is 10.0 Å². The van der Waals surface area contributed by atoms with Gasteiger partial charge in [0.25, 0.3) is 0 Å². The number of hydrogen-bond donors (Lipinski definition) is 2. The molecule has 2 N–H and O–H groups in total. The number of hydrogen-bond acceptors (Lipinski definition) is 4. The number of rotatable bonds is 3. The first-order valence-corrected chi connectivity index (χ1v) is 8.15. The molecule has 0 bridgehead atoms. The highest BCUT2D eigenvalue weighted by Gasteiger charge is 2.22. The van der Waals surface area contributed by atoms with Crippen LogP contribution in [0.4, 0.5) is 0 Å².